The van der Waals surface area contributed by atoms with Crippen molar-refractivity contribution in [2.45, 2.75) is 32.7 Å². The van der Waals surface area contributed by atoms with E-state index in [1.807, 2.05) is 44.2 Å². The fourth-order valence-electron chi connectivity index (χ4n) is 3.11. The SMILES string of the molecule is C[C@@H]1C[C@@H](C)CN(S(=O)(=O)N[C@H](Cc2ccccc2)C(N)=O)C1. The molecule has 6 nitrogen and oxygen atoms in total. The van der Waals surface area contributed by atoms with Gasteiger partial charge in [-0.3, -0.25) is 4.79 Å². The lowest BCUT2D eigenvalue weighted by Crippen LogP contribution is -2.54. The fraction of sp³-hybridized carbons (Fsp3) is 0.562. The van der Waals surface area contributed by atoms with E-state index in [0.717, 1.165) is 12.0 Å². The number of nitrogens with one attached hydrogen (secondary N) is 1. The summed E-state index contributed by atoms with van der Waals surface area (Å²) in [5, 5.41) is 0. The van der Waals surface area contributed by atoms with Gasteiger partial charge in [0.25, 0.3) is 10.2 Å². The standard InChI is InChI=1S/C16H25N3O3S/c1-12-8-13(2)11-19(10-12)23(21,22)18-15(16(17)20)9-14-6-4-3-5-7-14/h3-7,12-13,15,18H,8-11H2,1-2H3,(H2,17,20)/t12-,13-,15-/m1/s1. The van der Waals surface area contributed by atoms with E-state index in [0.29, 0.717) is 24.9 Å². The minimum Gasteiger partial charge on any atom is -0.368 e. The lowest BCUT2D eigenvalue weighted by molar-refractivity contribution is -0.119. The second kappa shape index (κ2) is 7.42. The van der Waals surface area contributed by atoms with Crippen molar-refractivity contribution in [3.8, 4) is 0 Å². The summed E-state index contributed by atoms with van der Waals surface area (Å²) in [6.45, 7) is 5.01. The number of rotatable bonds is 6. The molecule has 1 aliphatic rings. The highest BCUT2D eigenvalue weighted by Crippen LogP contribution is 2.22. The van der Waals surface area contributed by atoms with Crippen LogP contribution in [0.1, 0.15) is 25.8 Å². The van der Waals surface area contributed by atoms with E-state index in [1.165, 1.54) is 4.31 Å². The minimum atomic E-state index is -3.73. The molecular formula is C16H25N3O3S. The Hall–Kier alpha value is -1.44. The first kappa shape index (κ1) is 17.9. The number of hydrogen-bond acceptors (Lipinski definition) is 3. The molecule has 1 heterocycles. The maximum atomic E-state index is 12.6. The van der Waals surface area contributed by atoms with Crippen LogP contribution < -0.4 is 10.5 Å². The van der Waals surface area contributed by atoms with Crippen LogP contribution >= 0.6 is 0 Å². The quantitative estimate of drug-likeness (QED) is 0.806. The van der Waals surface area contributed by atoms with Crippen molar-refractivity contribution in [3.05, 3.63) is 35.9 Å². The molecule has 3 N–H and O–H groups in total. The normalized spacial score (nSPS) is 24.3. The van der Waals surface area contributed by atoms with E-state index < -0.39 is 22.2 Å². The Balaban J connectivity index is 2.10. The first-order valence-electron chi connectivity index (χ1n) is 7.88. The molecule has 0 saturated carbocycles. The number of piperidine rings is 1. The van der Waals surface area contributed by atoms with E-state index in [4.69, 9.17) is 5.73 Å². The molecule has 0 aromatic heterocycles. The van der Waals surface area contributed by atoms with Gasteiger partial charge in [0.15, 0.2) is 0 Å². The predicted molar refractivity (Wildman–Crippen MR) is 89.7 cm³/mol. The Morgan fingerprint density at radius 1 is 1.26 bits per heavy atom. The first-order valence-corrected chi connectivity index (χ1v) is 9.32. The highest BCUT2D eigenvalue weighted by atomic mass is 32.2. The number of primary amides is 1. The largest absolute Gasteiger partial charge is 0.368 e. The molecule has 3 atom stereocenters. The van der Waals surface area contributed by atoms with E-state index in [1.54, 1.807) is 0 Å². The van der Waals surface area contributed by atoms with E-state index in [2.05, 4.69) is 4.72 Å². The molecule has 128 valence electrons. The van der Waals surface area contributed by atoms with Crippen molar-refractivity contribution in [3.63, 3.8) is 0 Å². The van der Waals surface area contributed by atoms with E-state index in [9.17, 15) is 13.2 Å². The molecule has 0 bridgehead atoms. The van der Waals surface area contributed by atoms with Gasteiger partial charge in [-0.15, -0.1) is 0 Å². The Bertz CT molecular complexity index is 623. The molecule has 0 radical (unpaired) electrons. The van der Waals surface area contributed by atoms with Gasteiger partial charge in [-0.25, -0.2) is 0 Å². The molecule has 0 spiro atoms. The van der Waals surface area contributed by atoms with Crippen LogP contribution in [0, 0.1) is 11.8 Å². The summed E-state index contributed by atoms with van der Waals surface area (Å²) in [6.07, 6.45) is 1.25. The van der Waals surface area contributed by atoms with Crippen LogP contribution in [0.5, 0.6) is 0 Å². The highest BCUT2D eigenvalue weighted by Gasteiger charge is 2.33. The zero-order chi connectivity index (χ0) is 17.0. The number of amides is 1. The van der Waals surface area contributed by atoms with Crippen LogP contribution in [-0.4, -0.2) is 37.8 Å². The fourth-order valence-corrected chi connectivity index (χ4v) is 4.72. The average molecular weight is 339 g/mol. The third-order valence-electron chi connectivity index (χ3n) is 4.09. The Kier molecular flexibility index (Phi) is 5.78. The predicted octanol–water partition coefficient (Wildman–Crippen LogP) is 0.895. The number of nitrogens with zero attached hydrogens (tertiary/aromatic N) is 1. The lowest BCUT2D eigenvalue weighted by Gasteiger charge is -2.34. The molecule has 23 heavy (non-hydrogen) atoms. The molecule has 0 unspecified atom stereocenters. The Morgan fingerprint density at radius 3 is 2.35 bits per heavy atom. The minimum absolute atomic E-state index is 0.244. The topological polar surface area (TPSA) is 92.5 Å². The van der Waals surface area contributed by atoms with Crippen molar-refractivity contribution in [1.82, 2.24) is 9.03 Å². The molecule has 1 aliphatic heterocycles. The molecule has 1 amide bonds. The van der Waals surface area contributed by atoms with Crippen molar-refractivity contribution in [2.75, 3.05) is 13.1 Å². The van der Waals surface area contributed by atoms with Gasteiger partial charge in [-0.05, 0) is 30.2 Å². The molecule has 1 saturated heterocycles. The second-order valence-corrected chi connectivity index (χ2v) is 8.23. The Labute approximate surface area is 138 Å². The zero-order valence-corrected chi connectivity index (χ0v) is 14.4. The average Bonchev–Trinajstić information content (AvgIpc) is 2.46. The number of carbonyl (C=O) groups is 1. The van der Waals surface area contributed by atoms with Crippen LogP contribution in [0.4, 0.5) is 0 Å². The summed E-state index contributed by atoms with van der Waals surface area (Å²) >= 11 is 0. The van der Waals surface area contributed by atoms with Gasteiger partial charge < -0.3 is 5.73 Å². The molecular weight excluding hydrogens is 314 g/mol. The Morgan fingerprint density at radius 2 is 1.83 bits per heavy atom. The number of nitrogens with two attached hydrogens (primary N) is 1. The second-order valence-electron chi connectivity index (χ2n) is 6.53. The first-order chi connectivity index (χ1) is 10.8. The third kappa shape index (κ3) is 5.02. The van der Waals surface area contributed by atoms with Crippen LogP contribution in [0.2, 0.25) is 0 Å². The van der Waals surface area contributed by atoms with Crippen LogP contribution in [0.3, 0.4) is 0 Å². The van der Waals surface area contributed by atoms with Crippen molar-refractivity contribution in [2.24, 2.45) is 17.6 Å². The van der Waals surface area contributed by atoms with Crippen molar-refractivity contribution >= 4 is 16.1 Å². The third-order valence-corrected chi connectivity index (χ3v) is 5.65. The smallest absolute Gasteiger partial charge is 0.280 e. The van der Waals surface area contributed by atoms with Crippen molar-refractivity contribution in [1.29, 1.82) is 0 Å². The molecule has 1 fully saturated rings. The maximum absolute atomic E-state index is 12.6. The molecule has 1 aromatic carbocycles. The van der Waals surface area contributed by atoms with E-state index in [-0.39, 0.29) is 6.42 Å². The summed E-state index contributed by atoms with van der Waals surface area (Å²) in [6, 6.07) is 8.29. The van der Waals surface area contributed by atoms with Gasteiger partial charge in [0.05, 0.1) is 0 Å². The lowest BCUT2D eigenvalue weighted by atomic mass is 9.94. The van der Waals surface area contributed by atoms with Gasteiger partial charge in [-0.1, -0.05) is 44.2 Å². The van der Waals surface area contributed by atoms with Gasteiger partial charge in [0.1, 0.15) is 6.04 Å². The summed E-state index contributed by atoms with van der Waals surface area (Å²) in [7, 11) is -3.73. The van der Waals surface area contributed by atoms with Gasteiger partial charge in [-0.2, -0.15) is 17.4 Å². The molecule has 7 heteroatoms. The van der Waals surface area contributed by atoms with Gasteiger partial charge >= 0.3 is 0 Å². The van der Waals surface area contributed by atoms with Crippen molar-refractivity contribution < 1.29 is 13.2 Å². The summed E-state index contributed by atoms with van der Waals surface area (Å²) in [4.78, 5) is 11.7. The van der Waals surface area contributed by atoms with Gasteiger partial charge in [0, 0.05) is 13.1 Å². The van der Waals surface area contributed by atoms with E-state index >= 15 is 0 Å². The zero-order valence-electron chi connectivity index (χ0n) is 13.6. The molecule has 1 aromatic rings. The number of carbonyl (C=O) groups excluding carboxylic acids is 1. The molecule has 2 rings (SSSR count). The van der Waals surface area contributed by atoms with Crippen LogP contribution in [0.25, 0.3) is 0 Å². The molecule has 0 aliphatic carbocycles. The summed E-state index contributed by atoms with van der Waals surface area (Å²) < 4.78 is 29.1. The van der Waals surface area contributed by atoms with Crippen LogP contribution in [-0.2, 0) is 21.4 Å². The monoisotopic (exact) mass is 339 g/mol. The number of hydrogen-bond donors (Lipinski definition) is 2. The maximum Gasteiger partial charge on any atom is 0.280 e. The number of benzene rings is 1. The summed E-state index contributed by atoms with van der Waals surface area (Å²) in [5.74, 6) is -0.0662. The summed E-state index contributed by atoms with van der Waals surface area (Å²) in [5.41, 5.74) is 6.25. The highest BCUT2D eigenvalue weighted by molar-refractivity contribution is 7.87. The van der Waals surface area contributed by atoms with Crippen LogP contribution in [0.15, 0.2) is 30.3 Å². The van der Waals surface area contributed by atoms with Gasteiger partial charge in [0.2, 0.25) is 5.91 Å².